The first-order valence-corrected chi connectivity index (χ1v) is 9.52. The molecule has 0 aliphatic carbocycles. The molecule has 2 aliphatic rings. The van der Waals surface area contributed by atoms with Crippen molar-refractivity contribution in [1.29, 1.82) is 0 Å². The number of rotatable bonds is 5. The van der Waals surface area contributed by atoms with Gasteiger partial charge in [-0.1, -0.05) is 12.1 Å². The third kappa shape index (κ3) is 3.55. The van der Waals surface area contributed by atoms with Crippen molar-refractivity contribution in [1.82, 2.24) is 9.88 Å². The van der Waals surface area contributed by atoms with E-state index < -0.39 is 28.4 Å². The standard InChI is InChI=1S/C21H19N3O6/c25-19(14-3-1-4-15(11-14)24(28)29)17-18(13-6-8-22-9-7-13)23(21(27)20(17)26)12-16-5-2-10-30-16/h1,3-4,6-9,11,16,18,25H,2,5,10,12H2/b19-17-. The molecule has 0 radical (unpaired) electrons. The first-order valence-electron chi connectivity index (χ1n) is 9.52. The maximum absolute atomic E-state index is 12.9. The number of nitro groups is 1. The van der Waals surface area contributed by atoms with Crippen molar-refractivity contribution in [3.05, 3.63) is 75.6 Å². The second-order valence-corrected chi connectivity index (χ2v) is 7.17. The van der Waals surface area contributed by atoms with E-state index in [1.807, 2.05) is 0 Å². The van der Waals surface area contributed by atoms with E-state index in [0.29, 0.717) is 12.2 Å². The summed E-state index contributed by atoms with van der Waals surface area (Å²) < 4.78 is 5.63. The van der Waals surface area contributed by atoms with Crippen LogP contribution in [0.4, 0.5) is 5.69 Å². The second-order valence-electron chi connectivity index (χ2n) is 7.17. The number of ether oxygens (including phenoxy) is 1. The van der Waals surface area contributed by atoms with Crippen LogP contribution in [-0.4, -0.2) is 50.9 Å². The molecular weight excluding hydrogens is 390 g/mol. The number of ketones is 1. The number of aliphatic hydroxyl groups excluding tert-OH is 1. The number of pyridine rings is 1. The number of Topliss-reactive ketones (excluding diaryl/α,β-unsaturated/α-hetero) is 1. The Bertz CT molecular complexity index is 1030. The molecule has 2 fully saturated rings. The van der Waals surface area contributed by atoms with Crippen molar-refractivity contribution < 1.29 is 24.4 Å². The van der Waals surface area contributed by atoms with Crippen LogP contribution in [-0.2, 0) is 14.3 Å². The number of hydrogen-bond acceptors (Lipinski definition) is 7. The van der Waals surface area contributed by atoms with Crippen LogP contribution in [0.1, 0.15) is 30.0 Å². The predicted molar refractivity (Wildman–Crippen MR) is 105 cm³/mol. The maximum Gasteiger partial charge on any atom is 0.295 e. The van der Waals surface area contributed by atoms with E-state index in [1.165, 1.54) is 41.6 Å². The van der Waals surface area contributed by atoms with Crippen LogP contribution in [0.5, 0.6) is 0 Å². The molecule has 0 spiro atoms. The first-order chi connectivity index (χ1) is 14.5. The Morgan fingerprint density at radius 2 is 2.03 bits per heavy atom. The van der Waals surface area contributed by atoms with Crippen LogP contribution >= 0.6 is 0 Å². The summed E-state index contributed by atoms with van der Waals surface area (Å²) in [6.07, 6.45) is 4.54. The highest BCUT2D eigenvalue weighted by molar-refractivity contribution is 6.46. The number of likely N-dealkylation sites (tertiary alicyclic amines) is 1. The number of aliphatic hydroxyl groups is 1. The number of amides is 1. The average molecular weight is 409 g/mol. The summed E-state index contributed by atoms with van der Waals surface area (Å²) in [5, 5.41) is 22.0. The van der Waals surface area contributed by atoms with E-state index in [0.717, 1.165) is 12.8 Å². The number of non-ortho nitro benzene ring substituents is 1. The highest BCUT2D eigenvalue weighted by atomic mass is 16.6. The van der Waals surface area contributed by atoms with Crippen LogP contribution in [0.3, 0.4) is 0 Å². The lowest BCUT2D eigenvalue weighted by atomic mass is 9.95. The second kappa shape index (κ2) is 8.03. The molecule has 4 rings (SSSR count). The molecule has 154 valence electrons. The molecule has 1 amide bonds. The van der Waals surface area contributed by atoms with Gasteiger partial charge in [0, 0.05) is 43.2 Å². The molecule has 9 nitrogen and oxygen atoms in total. The Morgan fingerprint density at radius 1 is 1.27 bits per heavy atom. The third-order valence-corrected chi connectivity index (χ3v) is 5.32. The molecule has 2 unspecified atom stereocenters. The van der Waals surface area contributed by atoms with Crippen molar-refractivity contribution >= 4 is 23.1 Å². The number of benzene rings is 1. The van der Waals surface area contributed by atoms with Gasteiger partial charge < -0.3 is 14.7 Å². The number of nitrogens with zero attached hydrogens (tertiary/aromatic N) is 3. The maximum atomic E-state index is 12.9. The third-order valence-electron chi connectivity index (χ3n) is 5.32. The molecule has 1 aromatic carbocycles. The monoisotopic (exact) mass is 409 g/mol. The number of nitro benzene ring substituents is 1. The van der Waals surface area contributed by atoms with Crippen LogP contribution in [0.15, 0.2) is 54.4 Å². The van der Waals surface area contributed by atoms with Gasteiger partial charge in [0.2, 0.25) is 0 Å². The van der Waals surface area contributed by atoms with E-state index in [4.69, 9.17) is 4.74 Å². The molecular formula is C21H19N3O6. The Hall–Kier alpha value is -3.59. The lowest BCUT2D eigenvalue weighted by molar-refractivity contribution is -0.384. The quantitative estimate of drug-likeness (QED) is 0.265. The van der Waals surface area contributed by atoms with E-state index >= 15 is 0 Å². The molecule has 1 N–H and O–H groups in total. The Balaban J connectivity index is 1.82. The number of hydrogen-bond donors (Lipinski definition) is 1. The Labute approximate surface area is 171 Å². The minimum absolute atomic E-state index is 0.0957. The van der Waals surface area contributed by atoms with Crippen LogP contribution in [0.2, 0.25) is 0 Å². The van der Waals surface area contributed by atoms with E-state index in [1.54, 1.807) is 12.1 Å². The summed E-state index contributed by atoms with van der Waals surface area (Å²) in [4.78, 5) is 41.6. The normalized spacial score (nSPS) is 23.1. The van der Waals surface area contributed by atoms with Gasteiger partial charge in [-0.15, -0.1) is 0 Å². The van der Waals surface area contributed by atoms with Gasteiger partial charge >= 0.3 is 0 Å². The van der Waals surface area contributed by atoms with Crippen molar-refractivity contribution in [2.45, 2.75) is 25.0 Å². The summed E-state index contributed by atoms with van der Waals surface area (Å²) in [5.74, 6) is -2.02. The molecule has 2 atom stereocenters. The first kappa shape index (κ1) is 19.7. The highest BCUT2D eigenvalue weighted by Crippen LogP contribution is 2.40. The van der Waals surface area contributed by atoms with Crippen LogP contribution < -0.4 is 0 Å². The molecule has 3 heterocycles. The SMILES string of the molecule is O=C1C(=O)N(CC2CCCO2)C(c2ccncc2)/C1=C(/O)c1cccc([N+](=O)[O-])c1. The van der Waals surface area contributed by atoms with Gasteiger partial charge in [0.15, 0.2) is 0 Å². The van der Waals surface area contributed by atoms with Crippen molar-refractivity contribution in [2.75, 3.05) is 13.2 Å². The zero-order chi connectivity index (χ0) is 21.3. The van der Waals surface area contributed by atoms with Crippen molar-refractivity contribution in [3.8, 4) is 0 Å². The predicted octanol–water partition coefficient (Wildman–Crippen LogP) is 2.59. The average Bonchev–Trinajstić information content (AvgIpc) is 3.36. The van der Waals surface area contributed by atoms with E-state index in [2.05, 4.69) is 4.98 Å². The minimum atomic E-state index is -0.837. The van der Waals surface area contributed by atoms with E-state index in [9.17, 15) is 24.8 Å². The Morgan fingerprint density at radius 3 is 2.70 bits per heavy atom. The van der Waals surface area contributed by atoms with Crippen molar-refractivity contribution in [2.24, 2.45) is 0 Å². The molecule has 0 bridgehead atoms. The van der Waals surface area contributed by atoms with Gasteiger partial charge in [0.25, 0.3) is 17.4 Å². The molecule has 1 aromatic heterocycles. The summed E-state index contributed by atoms with van der Waals surface area (Å²) in [6.45, 7) is 0.811. The summed E-state index contributed by atoms with van der Waals surface area (Å²) in [6, 6.07) is 7.83. The van der Waals surface area contributed by atoms with Gasteiger partial charge in [0.05, 0.1) is 22.6 Å². The van der Waals surface area contributed by atoms with Gasteiger partial charge in [-0.05, 0) is 30.5 Å². The fourth-order valence-corrected chi connectivity index (χ4v) is 3.89. The molecule has 2 aliphatic heterocycles. The minimum Gasteiger partial charge on any atom is -0.507 e. The summed E-state index contributed by atoms with van der Waals surface area (Å²) >= 11 is 0. The van der Waals surface area contributed by atoms with Gasteiger partial charge in [-0.25, -0.2) is 0 Å². The molecule has 2 saturated heterocycles. The van der Waals surface area contributed by atoms with E-state index in [-0.39, 0.29) is 29.5 Å². The zero-order valence-electron chi connectivity index (χ0n) is 15.9. The lowest BCUT2D eigenvalue weighted by Crippen LogP contribution is -2.36. The van der Waals surface area contributed by atoms with Gasteiger partial charge in [-0.3, -0.25) is 24.7 Å². The fraction of sp³-hybridized carbons (Fsp3) is 0.286. The zero-order valence-corrected chi connectivity index (χ0v) is 15.9. The fourth-order valence-electron chi connectivity index (χ4n) is 3.89. The van der Waals surface area contributed by atoms with Crippen LogP contribution in [0, 0.1) is 10.1 Å². The number of carbonyl (C=O) groups is 2. The summed E-state index contributed by atoms with van der Waals surface area (Å²) in [7, 11) is 0. The molecule has 9 heteroatoms. The largest absolute Gasteiger partial charge is 0.507 e. The molecule has 2 aromatic rings. The highest BCUT2D eigenvalue weighted by Gasteiger charge is 2.47. The summed E-state index contributed by atoms with van der Waals surface area (Å²) in [5.41, 5.74) is 0.366. The van der Waals surface area contributed by atoms with Crippen LogP contribution in [0.25, 0.3) is 5.76 Å². The number of aromatic nitrogens is 1. The smallest absolute Gasteiger partial charge is 0.295 e. The lowest BCUT2D eigenvalue weighted by Gasteiger charge is -2.27. The van der Waals surface area contributed by atoms with Gasteiger partial charge in [0.1, 0.15) is 5.76 Å². The molecule has 0 saturated carbocycles. The topological polar surface area (TPSA) is 123 Å². The number of carbonyl (C=O) groups excluding carboxylic acids is 2. The van der Waals surface area contributed by atoms with Gasteiger partial charge in [-0.2, -0.15) is 0 Å². The molecule has 30 heavy (non-hydrogen) atoms. The Kier molecular flexibility index (Phi) is 5.28. The van der Waals surface area contributed by atoms with Crippen molar-refractivity contribution in [3.63, 3.8) is 0 Å².